The molecule has 2 fully saturated rings. The Morgan fingerprint density at radius 1 is 1.23 bits per heavy atom. The summed E-state index contributed by atoms with van der Waals surface area (Å²) in [5, 5.41) is 3.58. The molecule has 0 spiro atoms. The summed E-state index contributed by atoms with van der Waals surface area (Å²) in [5.41, 5.74) is 7.13. The van der Waals surface area contributed by atoms with E-state index in [4.69, 9.17) is 5.73 Å². The number of hydrogen-bond donors (Lipinski definition) is 2. The summed E-state index contributed by atoms with van der Waals surface area (Å²) in [6, 6.07) is 0.268. The molecular formula is C19H28ClN3O2S. The Bertz CT molecular complexity index is 704. The number of carbonyl (C=O) groups excluding carboxylic acids is 2. The van der Waals surface area contributed by atoms with E-state index in [1.807, 2.05) is 0 Å². The summed E-state index contributed by atoms with van der Waals surface area (Å²) in [6.45, 7) is 4.19. The first-order valence-electron chi connectivity index (χ1n) is 9.42. The highest BCUT2D eigenvalue weighted by Crippen LogP contribution is 2.43. The Morgan fingerprint density at radius 2 is 1.88 bits per heavy atom. The Morgan fingerprint density at radius 3 is 2.54 bits per heavy atom. The van der Waals surface area contributed by atoms with E-state index in [2.05, 4.69) is 24.1 Å². The molecule has 3 N–H and O–H groups in total. The number of halogens is 1. The minimum atomic E-state index is -0.0452. The number of nitrogens with one attached hydrogen (secondary N) is 1. The van der Waals surface area contributed by atoms with Gasteiger partial charge in [-0.2, -0.15) is 0 Å². The molecule has 1 aromatic rings. The van der Waals surface area contributed by atoms with Crippen LogP contribution in [0, 0.1) is 23.2 Å². The molecule has 3 aliphatic carbocycles. The van der Waals surface area contributed by atoms with Crippen LogP contribution >= 0.6 is 23.7 Å². The van der Waals surface area contributed by atoms with Crippen molar-refractivity contribution in [3.8, 4) is 0 Å². The van der Waals surface area contributed by atoms with Crippen molar-refractivity contribution >= 4 is 40.6 Å². The summed E-state index contributed by atoms with van der Waals surface area (Å²) in [4.78, 5) is 30.4. The summed E-state index contributed by atoms with van der Waals surface area (Å²) in [5.74, 6) is 1.21. The number of nitrogens with two attached hydrogens (primary N) is 1. The Labute approximate surface area is 164 Å². The number of amides is 1. The van der Waals surface area contributed by atoms with E-state index in [9.17, 15) is 9.59 Å². The third-order valence-corrected chi connectivity index (χ3v) is 7.30. The van der Waals surface area contributed by atoms with Crippen molar-refractivity contribution in [3.05, 3.63) is 10.6 Å². The maximum atomic E-state index is 12.8. The van der Waals surface area contributed by atoms with Gasteiger partial charge in [0, 0.05) is 18.4 Å². The number of anilines is 1. The SMILES string of the molecule is CC1(C)CC(=O)c2sc(NC(=O)C3CC4CCCC(C3)C4N)nc2C1.Cl. The van der Waals surface area contributed by atoms with Crippen LogP contribution in [0.1, 0.15) is 67.7 Å². The molecule has 4 rings (SSSR count). The molecule has 2 atom stereocenters. The minimum Gasteiger partial charge on any atom is -0.327 e. The smallest absolute Gasteiger partial charge is 0.229 e. The van der Waals surface area contributed by atoms with Gasteiger partial charge in [0.2, 0.25) is 5.91 Å². The molecule has 1 aromatic heterocycles. The van der Waals surface area contributed by atoms with E-state index in [0.717, 1.165) is 42.7 Å². The standard InChI is InChI=1S/C19H27N3O2S.ClH/c1-19(2)8-13-16(14(23)9-19)25-18(21-13)22-17(24)12-6-10-4-3-5-11(7-12)15(10)20;/h10-12,15H,3-9,20H2,1-2H3,(H,21,22,24);1H. The highest BCUT2D eigenvalue weighted by molar-refractivity contribution is 7.17. The number of Topliss-reactive ketones (excluding diaryl/α,β-unsaturated/α-hetero) is 1. The molecule has 144 valence electrons. The zero-order chi connectivity index (χ0) is 17.8. The van der Waals surface area contributed by atoms with Gasteiger partial charge >= 0.3 is 0 Å². The van der Waals surface area contributed by atoms with Crippen LogP contribution in [0.15, 0.2) is 0 Å². The van der Waals surface area contributed by atoms with Gasteiger partial charge < -0.3 is 11.1 Å². The molecule has 0 saturated heterocycles. The van der Waals surface area contributed by atoms with Gasteiger partial charge in [-0.15, -0.1) is 12.4 Å². The quantitative estimate of drug-likeness (QED) is 0.794. The highest BCUT2D eigenvalue weighted by Gasteiger charge is 2.41. The third kappa shape index (κ3) is 3.69. The maximum absolute atomic E-state index is 12.8. The highest BCUT2D eigenvalue weighted by atomic mass is 35.5. The molecule has 7 heteroatoms. The van der Waals surface area contributed by atoms with Gasteiger partial charge in [0.1, 0.15) is 0 Å². The fourth-order valence-corrected chi connectivity index (χ4v) is 5.91. The number of aromatic nitrogens is 1. The van der Waals surface area contributed by atoms with Crippen molar-refractivity contribution in [2.45, 2.75) is 64.8 Å². The van der Waals surface area contributed by atoms with E-state index in [1.54, 1.807) is 0 Å². The van der Waals surface area contributed by atoms with Gasteiger partial charge in [-0.1, -0.05) is 31.6 Å². The maximum Gasteiger partial charge on any atom is 0.229 e. The first kappa shape index (κ1) is 19.8. The van der Waals surface area contributed by atoms with Crippen LogP contribution in [0.4, 0.5) is 5.13 Å². The van der Waals surface area contributed by atoms with Crippen LogP contribution in [-0.4, -0.2) is 22.7 Å². The first-order chi connectivity index (χ1) is 11.8. The second-order valence-corrected chi connectivity index (χ2v) is 9.92. The molecule has 5 nitrogen and oxygen atoms in total. The van der Waals surface area contributed by atoms with Crippen LogP contribution in [-0.2, 0) is 11.2 Å². The number of nitrogens with zero attached hydrogens (tertiary/aromatic N) is 1. The summed E-state index contributed by atoms with van der Waals surface area (Å²) in [6.07, 6.45) is 6.67. The van der Waals surface area contributed by atoms with Crippen molar-refractivity contribution in [1.29, 1.82) is 0 Å². The summed E-state index contributed by atoms with van der Waals surface area (Å²) in [7, 11) is 0. The molecule has 0 aromatic carbocycles. The number of hydrogen-bond acceptors (Lipinski definition) is 5. The van der Waals surface area contributed by atoms with E-state index in [0.29, 0.717) is 23.4 Å². The van der Waals surface area contributed by atoms with Crippen LogP contribution in [0.5, 0.6) is 0 Å². The number of thiazole rings is 1. The molecule has 26 heavy (non-hydrogen) atoms. The fraction of sp³-hybridized carbons (Fsp3) is 0.737. The lowest BCUT2D eigenvalue weighted by atomic mass is 9.65. The van der Waals surface area contributed by atoms with E-state index in [-0.39, 0.29) is 41.5 Å². The van der Waals surface area contributed by atoms with Crippen molar-refractivity contribution in [3.63, 3.8) is 0 Å². The lowest BCUT2D eigenvalue weighted by Crippen LogP contribution is -2.48. The van der Waals surface area contributed by atoms with Crippen molar-refractivity contribution in [2.24, 2.45) is 28.9 Å². The van der Waals surface area contributed by atoms with Crippen LogP contribution in [0.3, 0.4) is 0 Å². The Balaban J connectivity index is 0.00000196. The van der Waals surface area contributed by atoms with Gasteiger partial charge in [0.25, 0.3) is 0 Å². The second-order valence-electron chi connectivity index (χ2n) is 8.92. The lowest BCUT2D eigenvalue weighted by Gasteiger charge is -2.43. The van der Waals surface area contributed by atoms with Crippen LogP contribution in [0.25, 0.3) is 0 Å². The van der Waals surface area contributed by atoms with Gasteiger partial charge in [0.05, 0.1) is 10.6 Å². The Hall–Kier alpha value is -0.980. The molecule has 1 heterocycles. The van der Waals surface area contributed by atoms with Crippen molar-refractivity contribution < 1.29 is 9.59 Å². The zero-order valence-electron chi connectivity index (χ0n) is 15.4. The lowest BCUT2D eigenvalue weighted by molar-refractivity contribution is -0.122. The number of fused-ring (bicyclic) bond motifs is 3. The van der Waals surface area contributed by atoms with Crippen molar-refractivity contribution in [1.82, 2.24) is 4.98 Å². The van der Waals surface area contributed by atoms with Crippen LogP contribution < -0.4 is 11.1 Å². The van der Waals surface area contributed by atoms with Gasteiger partial charge in [-0.05, 0) is 49.4 Å². The van der Waals surface area contributed by atoms with E-state index >= 15 is 0 Å². The third-order valence-electron chi connectivity index (χ3n) is 6.25. The van der Waals surface area contributed by atoms with E-state index in [1.165, 1.54) is 17.8 Å². The number of carbonyl (C=O) groups is 2. The average molecular weight is 398 g/mol. The largest absolute Gasteiger partial charge is 0.327 e. The molecule has 1 amide bonds. The second kappa shape index (κ2) is 7.21. The van der Waals surface area contributed by atoms with Gasteiger partial charge in [-0.25, -0.2) is 4.98 Å². The molecule has 0 radical (unpaired) electrons. The summed E-state index contributed by atoms with van der Waals surface area (Å²) < 4.78 is 0. The van der Waals surface area contributed by atoms with Crippen molar-refractivity contribution in [2.75, 3.05) is 5.32 Å². The average Bonchev–Trinajstić information content (AvgIpc) is 2.88. The molecule has 0 aliphatic heterocycles. The fourth-order valence-electron chi connectivity index (χ4n) is 4.98. The van der Waals surface area contributed by atoms with E-state index < -0.39 is 0 Å². The molecule has 2 bridgehead atoms. The molecule has 3 aliphatic rings. The molecule has 2 unspecified atom stereocenters. The predicted molar refractivity (Wildman–Crippen MR) is 106 cm³/mol. The number of ketones is 1. The first-order valence-corrected chi connectivity index (χ1v) is 10.2. The normalized spacial score (nSPS) is 32.3. The van der Waals surface area contributed by atoms with Gasteiger partial charge in [0.15, 0.2) is 10.9 Å². The minimum absolute atomic E-state index is 0. The Kier molecular flexibility index (Phi) is 5.48. The van der Waals surface area contributed by atoms with Gasteiger partial charge in [-0.3, -0.25) is 9.59 Å². The number of rotatable bonds is 2. The predicted octanol–water partition coefficient (Wildman–Crippen LogP) is 3.81. The topological polar surface area (TPSA) is 85.1 Å². The molecule has 2 saturated carbocycles. The summed E-state index contributed by atoms with van der Waals surface area (Å²) >= 11 is 1.34. The molecular weight excluding hydrogens is 370 g/mol. The zero-order valence-corrected chi connectivity index (χ0v) is 17.0. The monoisotopic (exact) mass is 397 g/mol. The van der Waals surface area contributed by atoms with Crippen LogP contribution in [0.2, 0.25) is 0 Å².